The molecule has 1 aliphatic rings. The molecule has 0 saturated carbocycles. The average molecular weight is 263 g/mol. The minimum absolute atomic E-state index is 0.104. The number of carbonyl (C=O) groups is 1. The number of amides is 1. The van der Waals surface area contributed by atoms with Crippen LogP contribution in [0.3, 0.4) is 0 Å². The van der Waals surface area contributed by atoms with E-state index >= 15 is 0 Å². The molecule has 0 bridgehead atoms. The first kappa shape index (κ1) is 12.5. The Morgan fingerprint density at radius 3 is 3.22 bits per heavy atom. The Morgan fingerprint density at radius 1 is 1.61 bits per heavy atom. The van der Waals surface area contributed by atoms with Gasteiger partial charge in [0.1, 0.15) is 0 Å². The monoisotopic (exact) mass is 263 g/mol. The molecule has 0 atom stereocenters. The van der Waals surface area contributed by atoms with Crippen LogP contribution in [0.25, 0.3) is 0 Å². The highest BCUT2D eigenvalue weighted by molar-refractivity contribution is 8.02. The normalized spacial score (nSPS) is 13.5. The quantitative estimate of drug-likeness (QED) is 0.803. The summed E-state index contributed by atoms with van der Waals surface area (Å²) in [5.74, 6) is 0.435. The molecular formula is C12H13N3O2S. The molecular weight excluding hydrogens is 250 g/mol. The molecule has 18 heavy (non-hydrogen) atoms. The van der Waals surface area contributed by atoms with Crippen LogP contribution in [0.2, 0.25) is 0 Å². The van der Waals surface area contributed by atoms with E-state index < -0.39 is 0 Å². The zero-order valence-electron chi connectivity index (χ0n) is 9.84. The molecule has 2 rings (SSSR count). The van der Waals surface area contributed by atoms with Gasteiger partial charge in [0, 0.05) is 25.0 Å². The van der Waals surface area contributed by atoms with Crippen LogP contribution in [0, 0.1) is 0 Å². The molecule has 2 N–H and O–H groups in total. The highest BCUT2D eigenvalue weighted by Gasteiger charge is 2.10. The molecule has 0 aromatic carbocycles. The van der Waals surface area contributed by atoms with Gasteiger partial charge in [-0.15, -0.1) is 0 Å². The summed E-state index contributed by atoms with van der Waals surface area (Å²) in [5, 5.41) is 2.83. The molecule has 1 aromatic rings. The van der Waals surface area contributed by atoms with E-state index in [9.17, 15) is 4.79 Å². The maximum atomic E-state index is 11.8. The minimum Gasteiger partial charge on any atom is -0.481 e. The minimum atomic E-state index is -0.104. The number of methoxy groups -OCH3 is 1. The number of hydrogen-bond acceptors (Lipinski definition) is 5. The van der Waals surface area contributed by atoms with Crippen molar-refractivity contribution in [3.63, 3.8) is 0 Å². The standard InChI is InChI=1S/C12H13N3O2S/c1-17-11-7-9(4-6-13-11)8-14-12(16)10-3-2-5-15-18-10/h2-7,15H,8H2,1H3,(H,14,16). The molecule has 1 aliphatic heterocycles. The number of carbonyl (C=O) groups excluding carboxylic acids is 1. The van der Waals surface area contributed by atoms with Crippen LogP contribution in [0.15, 0.2) is 41.6 Å². The smallest absolute Gasteiger partial charge is 0.259 e. The second-order valence-corrected chi connectivity index (χ2v) is 4.38. The van der Waals surface area contributed by atoms with Crippen molar-refractivity contribution in [2.24, 2.45) is 0 Å². The second kappa shape index (κ2) is 6.11. The number of aromatic nitrogens is 1. The van der Waals surface area contributed by atoms with Crippen LogP contribution in [-0.4, -0.2) is 18.0 Å². The van der Waals surface area contributed by atoms with E-state index in [0.29, 0.717) is 17.3 Å². The van der Waals surface area contributed by atoms with E-state index in [-0.39, 0.29) is 5.91 Å². The molecule has 5 nitrogen and oxygen atoms in total. The highest BCUT2D eigenvalue weighted by atomic mass is 32.2. The molecule has 0 spiro atoms. The Morgan fingerprint density at radius 2 is 2.50 bits per heavy atom. The summed E-state index contributed by atoms with van der Waals surface area (Å²) in [5.41, 5.74) is 0.945. The lowest BCUT2D eigenvalue weighted by molar-refractivity contribution is -0.116. The van der Waals surface area contributed by atoms with E-state index in [1.54, 1.807) is 37.7 Å². The summed E-state index contributed by atoms with van der Waals surface area (Å²) in [6, 6.07) is 3.63. The Hall–Kier alpha value is -1.95. The van der Waals surface area contributed by atoms with Crippen molar-refractivity contribution in [1.29, 1.82) is 0 Å². The third-order valence-corrected chi connectivity index (χ3v) is 3.06. The van der Waals surface area contributed by atoms with Crippen LogP contribution in [0.5, 0.6) is 5.88 Å². The lowest BCUT2D eigenvalue weighted by atomic mass is 10.2. The molecule has 94 valence electrons. The Labute approximate surface area is 109 Å². The SMILES string of the molecule is COc1cc(CNC(=O)C2=CC=CNS2)ccn1. The Kier molecular flexibility index (Phi) is 4.25. The van der Waals surface area contributed by atoms with Crippen LogP contribution in [0.4, 0.5) is 0 Å². The maximum absolute atomic E-state index is 11.8. The van der Waals surface area contributed by atoms with Gasteiger partial charge in [0.15, 0.2) is 0 Å². The van der Waals surface area contributed by atoms with Crippen LogP contribution in [-0.2, 0) is 11.3 Å². The van der Waals surface area contributed by atoms with Gasteiger partial charge < -0.3 is 14.8 Å². The van der Waals surface area contributed by atoms with E-state index in [1.165, 1.54) is 11.9 Å². The molecule has 6 heteroatoms. The van der Waals surface area contributed by atoms with Gasteiger partial charge in [-0.2, -0.15) is 0 Å². The molecule has 0 aliphatic carbocycles. The molecule has 0 fully saturated rings. The van der Waals surface area contributed by atoms with Crippen molar-refractivity contribution in [2.75, 3.05) is 7.11 Å². The van der Waals surface area contributed by atoms with Crippen molar-refractivity contribution < 1.29 is 9.53 Å². The molecule has 0 radical (unpaired) electrons. The van der Waals surface area contributed by atoms with E-state index in [2.05, 4.69) is 15.0 Å². The summed E-state index contributed by atoms with van der Waals surface area (Å²) in [6.07, 6.45) is 6.99. The van der Waals surface area contributed by atoms with Crippen LogP contribution < -0.4 is 14.8 Å². The third kappa shape index (κ3) is 3.27. The fraction of sp³-hybridized carbons (Fsp3) is 0.167. The molecule has 2 heterocycles. The van der Waals surface area contributed by atoms with Gasteiger partial charge in [-0.25, -0.2) is 4.98 Å². The van der Waals surface area contributed by atoms with Gasteiger partial charge in [0.05, 0.1) is 12.0 Å². The predicted molar refractivity (Wildman–Crippen MR) is 70.6 cm³/mol. The van der Waals surface area contributed by atoms with Crippen molar-refractivity contribution in [1.82, 2.24) is 15.0 Å². The predicted octanol–water partition coefficient (Wildman–Crippen LogP) is 1.36. The van der Waals surface area contributed by atoms with Gasteiger partial charge in [0.2, 0.25) is 5.88 Å². The molecule has 0 saturated heterocycles. The van der Waals surface area contributed by atoms with Gasteiger partial charge >= 0.3 is 0 Å². The topological polar surface area (TPSA) is 63.2 Å². The number of nitrogens with zero attached hydrogens (tertiary/aromatic N) is 1. The van der Waals surface area contributed by atoms with Crippen molar-refractivity contribution in [3.8, 4) is 5.88 Å². The van der Waals surface area contributed by atoms with Gasteiger partial charge in [-0.05, 0) is 35.7 Å². The number of allylic oxidation sites excluding steroid dienone is 2. The molecule has 1 aromatic heterocycles. The summed E-state index contributed by atoms with van der Waals surface area (Å²) in [7, 11) is 1.56. The highest BCUT2D eigenvalue weighted by Crippen LogP contribution is 2.15. The fourth-order valence-electron chi connectivity index (χ4n) is 1.37. The summed E-state index contributed by atoms with van der Waals surface area (Å²) >= 11 is 1.29. The van der Waals surface area contributed by atoms with Gasteiger partial charge in [0.25, 0.3) is 5.91 Å². The summed E-state index contributed by atoms with van der Waals surface area (Å²) < 4.78 is 7.93. The lowest BCUT2D eigenvalue weighted by Crippen LogP contribution is -2.24. The number of rotatable bonds is 4. The molecule has 1 amide bonds. The second-order valence-electron chi connectivity index (χ2n) is 3.50. The average Bonchev–Trinajstić information content (AvgIpc) is 2.46. The van der Waals surface area contributed by atoms with Gasteiger partial charge in [-0.1, -0.05) is 0 Å². The summed E-state index contributed by atoms with van der Waals surface area (Å²) in [4.78, 5) is 16.4. The van der Waals surface area contributed by atoms with Crippen LogP contribution >= 0.6 is 11.9 Å². The van der Waals surface area contributed by atoms with Crippen LogP contribution in [0.1, 0.15) is 5.56 Å². The summed E-state index contributed by atoms with van der Waals surface area (Å²) in [6.45, 7) is 0.444. The number of ether oxygens (including phenoxy) is 1. The zero-order valence-corrected chi connectivity index (χ0v) is 10.7. The Bertz CT molecular complexity index is 500. The Balaban J connectivity index is 1.92. The fourth-order valence-corrected chi connectivity index (χ4v) is 1.95. The lowest BCUT2D eigenvalue weighted by Gasteiger charge is -2.10. The first-order valence-corrected chi connectivity index (χ1v) is 6.17. The van der Waals surface area contributed by atoms with Crippen molar-refractivity contribution >= 4 is 17.9 Å². The molecule has 0 unspecified atom stereocenters. The maximum Gasteiger partial charge on any atom is 0.259 e. The van der Waals surface area contributed by atoms with Crippen molar-refractivity contribution in [2.45, 2.75) is 6.54 Å². The van der Waals surface area contributed by atoms with E-state index in [1.807, 2.05) is 6.07 Å². The third-order valence-electron chi connectivity index (χ3n) is 2.27. The first-order chi connectivity index (χ1) is 8.79. The number of nitrogens with one attached hydrogen (secondary N) is 2. The van der Waals surface area contributed by atoms with E-state index in [4.69, 9.17) is 4.74 Å². The largest absolute Gasteiger partial charge is 0.481 e. The number of hydrogen-bond donors (Lipinski definition) is 2. The number of pyridine rings is 1. The van der Waals surface area contributed by atoms with Crippen molar-refractivity contribution in [3.05, 3.63) is 47.2 Å². The first-order valence-electron chi connectivity index (χ1n) is 5.36. The van der Waals surface area contributed by atoms with E-state index in [0.717, 1.165) is 5.56 Å². The zero-order chi connectivity index (χ0) is 12.8. The van der Waals surface area contributed by atoms with Gasteiger partial charge in [-0.3, -0.25) is 4.79 Å².